The monoisotopic (exact) mass is 1150 g/mol. The summed E-state index contributed by atoms with van der Waals surface area (Å²) in [5.74, 6) is -5.15. The number of rotatable bonds is 30. The van der Waals surface area contributed by atoms with Gasteiger partial charge in [0.05, 0.1) is 74.1 Å². The molecule has 24 heteroatoms. The number of carbonyl (C=O) groups is 10. The molecule has 4 aliphatic rings. The van der Waals surface area contributed by atoms with Crippen LogP contribution < -0.4 is 32.1 Å². The zero-order valence-electron chi connectivity index (χ0n) is 46.3. The summed E-state index contributed by atoms with van der Waals surface area (Å²) < 4.78 is 32.9. The number of aliphatic hydroxyl groups is 1. The van der Waals surface area contributed by atoms with Crippen molar-refractivity contribution < 1.29 is 71.7 Å². The predicted molar refractivity (Wildman–Crippen MR) is 294 cm³/mol. The van der Waals surface area contributed by atoms with Gasteiger partial charge in [-0.3, -0.25) is 52.8 Å². The van der Waals surface area contributed by atoms with Gasteiger partial charge in [0, 0.05) is 99.3 Å². The third-order valence-corrected chi connectivity index (χ3v) is 15.2. The number of amides is 7. The molecule has 8 rings (SSSR count). The molecule has 2 aromatic carbocycles. The summed E-state index contributed by atoms with van der Waals surface area (Å²) in [5.41, 5.74) is 2.23. The highest BCUT2D eigenvalue weighted by molar-refractivity contribution is 6.13. The van der Waals surface area contributed by atoms with E-state index in [1.165, 1.54) is 10.6 Å². The molecule has 4 aromatic rings. The van der Waals surface area contributed by atoms with E-state index in [0.717, 1.165) is 28.2 Å². The second-order valence-corrected chi connectivity index (χ2v) is 20.8. The minimum Gasteiger partial charge on any atom is -0.458 e. The maximum atomic E-state index is 15.4. The van der Waals surface area contributed by atoms with Gasteiger partial charge in [-0.1, -0.05) is 37.3 Å². The van der Waals surface area contributed by atoms with Gasteiger partial charge in [0.15, 0.2) is 17.2 Å². The Bertz CT molecular complexity index is 3310. The fourth-order valence-corrected chi connectivity index (χ4v) is 10.6. The van der Waals surface area contributed by atoms with Crippen LogP contribution in [0.1, 0.15) is 116 Å². The van der Waals surface area contributed by atoms with Crippen molar-refractivity contribution in [3.05, 3.63) is 110 Å². The van der Waals surface area contributed by atoms with Crippen LogP contribution in [0, 0.1) is 12.7 Å². The lowest BCUT2D eigenvalue weighted by atomic mass is 9.81. The number of ketones is 2. The highest BCUT2D eigenvalue weighted by Crippen LogP contribution is 2.46. The SMILES string of the molecule is CC[C@@]1(O)C(=O)OCc2c1cc1n(c2=O)Cc2c-1nc1cc(F)c(C)c3c1c2[C@@H](NC(=O)CCCNC(=O)CCC(=O)[C@H](Cc1ccccc1)NC(=O)CCC(=O)CNC(=O)CCOCCOCCNC(=O)CCN1C(=O)C=CC1=O)CC3. The van der Waals surface area contributed by atoms with Crippen LogP contribution in [0.25, 0.3) is 22.3 Å². The molecule has 0 saturated heterocycles. The number of ether oxygens (including phenoxy) is 3. The maximum Gasteiger partial charge on any atom is 0.343 e. The van der Waals surface area contributed by atoms with Gasteiger partial charge in [0.2, 0.25) is 29.5 Å². The van der Waals surface area contributed by atoms with Gasteiger partial charge in [-0.25, -0.2) is 14.2 Å². The zero-order chi connectivity index (χ0) is 59.4. The van der Waals surface area contributed by atoms with Gasteiger partial charge >= 0.3 is 5.97 Å². The average molecular weight is 1150 g/mol. The van der Waals surface area contributed by atoms with Crippen LogP contribution in [0.15, 0.2) is 59.4 Å². The first-order valence-electron chi connectivity index (χ1n) is 27.8. The highest BCUT2D eigenvalue weighted by Gasteiger charge is 2.46. The fraction of sp³-hybridized carbons (Fsp3) is 0.458. The smallest absolute Gasteiger partial charge is 0.343 e. The van der Waals surface area contributed by atoms with Crippen LogP contribution in [0.2, 0.25) is 0 Å². The van der Waals surface area contributed by atoms with Crippen molar-refractivity contribution in [3.63, 3.8) is 0 Å². The molecule has 5 heterocycles. The fourth-order valence-electron chi connectivity index (χ4n) is 10.6. The maximum absolute atomic E-state index is 15.4. The molecule has 0 bridgehead atoms. The molecule has 0 radical (unpaired) electrons. The predicted octanol–water partition coefficient (Wildman–Crippen LogP) is 1.92. The summed E-state index contributed by atoms with van der Waals surface area (Å²) in [6, 6.07) is 10.3. The van der Waals surface area contributed by atoms with E-state index < -0.39 is 76.1 Å². The van der Waals surface area contributed by atoms with E-state index in [0.29, 0.717) is 51.8 Å². The number of Topliss-reactive ketones (excluding diaryl/α,β-unsaturated/α-hetero) is 2. The summed E-state index contributed by atoms with van der Waals surface area (Å²) in [5, 5.41) is 25.8. The quantitative estimate of drug-likeness (QED) is 0.0217. The van der Waals surface area contributed by atoms with E-state index in [-0.39, 0.29) is 153 Å². The number of aromatic nitrogens is 2. The Morgan fingerprint density at radius 1 is 0.795 bits per heavy atom. The molecule has 23 nitrogen and oxygen atoms in total. The molecule has 83 heavy (non-hydrogen) atoms. The number of nitrogens with one attached hydrogen (secondary N) is 5. The van der Waals surface area contributed by atoms with Crippen molar-refractivity contribution in [2.24, 2.45) is 0 Å². The van der Waals surface area contributed by atoms with Crippen molar-refractivity contribution in [1.82, 2.24) is 41.0 Å². The van der Waals surface area contributed by atoms with Crippen LogP contribution in [-0.4, -0.2) is 137 Å². The number of benzene rings is 2. The molecule has 2 aromatic heterocycles. The second-order valence-electron chi connectivity index (χ2n) is 20.8. The van der Waals surface area contributed by atoms with E-state index in [4.69, 9.17) is 19.2 Å². The van der Waals surface area contributed by atoms with E-state index in [9.17, 15) is 57.8 Å². The number of esters is 1. The van der Waals surface area contributed by atoms with Crippen LogP contribution >= 0.6 is 0 Å². The summed E-state index contributed by atoms with van der Waals surface area (Å²) in [4.78, 5) is 146. The molecule has 0 fully saturated rings. The van der Waals surface area contributed by atoms with Crippen molar-refractivity contribution in [2.75, 3.05) is 52.6 Å². The molecule has 1 aliphatic carbocycles. The first kappa shape index (κ1) is 60.7. The third-order valence-electron chi connectivity index (χ3n) is 15.2. The van der Waals surface area contributed by atoms with E-state index in [1.807, 2.05) is 0 Å². The minimum atomic E-state index is -2.04. The van der Waals surface area contributed by atoms with Crippen LogP contribution in [0.3, 0.4) is 0 Å². The van der Waals surface area contributed by atoms with E-state index >= 15 is 4.39 Å². The van der Waals surface area contributed by atoms with Crippen molar-refractivity contribution in [2.45, 2.75) is 122 Å². The molecular formula is C59H67FN8O15. The Hall–Kier alpha value is -8.35. The Labute approximate surface area is 476 Å². The molecular weight excluding hydrogens is 1080 g/mol. The van der Waals surface area contributed by atoms with Crippen LogP contribution in [0.4, 0.5) is 4.39 Å². The third kappa shape index (κ3) is 14.7. The number of imide groups is 1. The van der Waals surface area contributed by atoms with Crippen molar-refractivity contribution in [1.29, 1.82) is 0 Å². The Morgan fingerprint density at radius 3 is 2.24 bits per heavy atom. The van der Waals surface area contributed by atoms with Crippen LogP contribution in [-0.2, 0) is 93.8 Å². The second kappa shape index (κ2) is 27.6. The molecule has 6 N–H and O–H groups in total. The molecule has 0 saturated carbocycles. The lowest BCUT2D eigenvalue weighted by molar-refractivity contribution is -0.172. The first-order valence-corrected chi connectivity index (χ1v) is 27.8. The van der Waals surface area contributed by atoms with Gasteiger partial charge in [0.1, 0.15) is 12.4 Å². The van der Waals surface area contributed by atoms with Gasteiger partial charge in [-0.15, -0.1) is 0 Å². The number of carbonyl (C=O) groups excluding carboxylic acids is 10. The molecule has 0 spiro atoms. The van der Waals surface area contributed by atoms with E-state index in [1.54, 1.807) is 50.2 Å². The number of hydrogen-bond acceptors (Lipinski definition) is 16. The number of cyclic esters (lactones) is 1. The Morgan fingerprint density at radius 2 is 1.49 bits per heavy atom. The van der Waals surface area contributed by atoms with Crippen LogP contribution in [0.5, 0.6) is 0 Å². The number of pyridine rings is 2. The van der Waals surface area contributed by atoms with Gasteiger partial charge in [-0.05, 0) is 67.3 Å². The standard InChI is InChI=1S/C59H67FN8O15/c1-3-59(80)40-29-45-56-38(32-68(45)57(78)39(40)33-83-58(59)79)55-42(13-12-37-34(2)41(60)30-44(66-56)54(37)55)64-50(74)10-7-21-61-47(71)16-14-46(70)43(28-35-8-5-4-6-9-35)65-51(75)15-11-36(69)31-63-49(73)20-24-81-26-27-82-25-22-62-48(72)19-23-67-52(76)17-18-53(67)77/h4-6,8-9,17-18,29-30,42-43,80H,3,7,10-16,19-28,31-33H2,1-2H3,(H,61,71)(H,62,72)(H,63,73)(H,64,74)(H,65,75)/t42-,43-,59-/m0/s1. The highest BCUT2D eigenvalue weighted by atomic mass is 19.1. The summed E-state index contributed by atoms with van der Waals surface area (Å²) in [7, 11) is 0. The Kier molecular flexibility index (Phi) is 20.2. The zero-order valence-corrected chi connectivity index (χ0v) is 46.3. The lowest BCUT2D eigenvalue weighted by Gasteiger charge is -2.31. The minimum absolute atomic E-state index is 0.0197. The average Bonchev–Trinajstić information content (AvgIpc) is 4.19. The van der Waals surface area contributed by atoms with Crippen molar-refractivity contribution >= 4 is 69.8 Å². The molecule has 0 unspecified atom stereocenters. The number of nitrogens with zero attached hydrogens (tertiary/aromatic N) is 3. The number of aryl methyl sites for hydroxylation is 1. The number of hydrogen-bond donors (Lipinski definition) is 6. The Balaban J connectivity index is 0.740. The lowest BCUT2D eigenvalue weighted by Crippen LogP contribution is -2.44. The summed E-state index contributed by atoms with van der Waals surface area (Å²) in [6.45, 7) is 3.66. The number of halogens is 1. The largest absolute Gasteiger partial charge is 0.458 e. The van der Waals surface area contributed by atoms with E-state index in [2.05, 4.69) is 26.6 Å². The topological polar surface area (TPSA) is 317 Å². The summed E-state index contributed by atoms with van der Waals surface area (Å²) in [6.07, 6.45) is 2.60. The number of fused-ring (bicyclic) bond motifs is 5. The summed E-state index contributed by atoms with van der Waals surface area (Å²) >= 11 is 0. The molecule has 3 atom stereocenters. The van der Waals surface area contributed by atoms with Gasteiger partial charge in [0.25, 0.3) is 17.4 Å². The normalized spacial score (nSPS) is 16.8. The molecule has 7 amide bonds. The molecule has 3 aliphatic heterocycles. The van der Waals surface area contributed by atoms with Gasteiger partial charge in [-0.2, -0.15) is 0 Å². The first-order chi connectivity index (χ1) is 39.9. The van der Waals surface area contributed by atoms with Gasteiger partial charge < -0.3 is 50.5 Å². The molecule has 440 valence electrons. The van der Waals surface area contributed by atoms with Crippen molar-refractivity contribution in [3.8, 4) is 11.4 Å².